The lowest BCUT2D eigenvalue weighted by molar-refractivity contribution is 0.0786. The van der Waals surface area contributed by atoms with Crippen LogP contribution in [0.15, 0.2) is 60.8 Å². The molecule has 0 saturated heterocycles. The molecule has 0 aliphatic heterocycles. The molecule has 0 saturated carbocycles. The summed E-state index contributed by atoms with van der Waals surface area (Å²) >= 11 is 0. The predicted octanol–water partition coefficient (Wildman–Crippen LogP) is 3.83. The van der Waals surface area contributed by atoms with Crippen LogP contribution in [-0.2, 0) is 0 Å². The maximum absolute atomic E-state index is 12.8. The number of aryl methyl sites for hydroxylation is 1. The molecule has 1 aromatic heterocycles. The van der Waals surface area contributed by atoms with Gasteiger partial charge in [0.25, 0.3) is 11.8 Å². The van der Waals surface area contributed by atoms with Gasteiger partial charge in [-0.2, -0.15) is 0 Å². The fourth-order valence-electron chi connectivity index (χ4n) is 3.00. The Kier molecular flexibility index (Phi) is 7.10. The van der Waals surface area contributed by atoms with Gasteiger partial charge in [0.1, 0.15) is 5.69 Å². The van der Waals surface area contributed by atoms with Crippen LogP contribution >= 0.6 is 0 Å². The number of aromatic nitrogens is 2. The molecule has 0 atom stereocenters. The third-order valence-corrected chi connectivity index (χ3v) is 4.84. The summed E-state index contributed by atoms with van der Waals surface area (Å²) in [5, 5.41) is 2.84. The average molecular weight is 422 g/mol. The van der Waals surface area contributed by atoms with Crippen LogP contribution < -0.4 is 5.32 Å². The van der Waals surface area contributed by atoms with Crippen molar-refractivity contribution in [2.45, 2.75) is 6.92 Å². The molecule has 1 N–H and O–H groups in total. The second-order valence-corrected chi connectivity index (χ2v) is 7.62. The lowest BCUT2D eigenvalue weighted by atomic mass is 10.1. The summed E-state index contributed by atoms with van der Waals surface area (Å²) in [5.41, 5.74) is 3.31. The van der Waals surface area contributed by atoms with Crippen molar-refractivity contribution in [3.63, 3.8) is 0 Å². The third-order valence-electron chi connectivity index (χ3n) is 4.84. The summed E-state index contributed by atoms with van der Waals surface area (Å²) in [4.78, 5) is 38.1. The van der Waals surface area contributed by atoms with Crippen LogP contribution in [-0.4, -0.2) is 65.8 Å². The number of benzene rings is 2. The van der Waals surface area contributed by atoms with Crippen molar-refractivity contribution in [1.29, 1.82) is 0 Å². The van der Waals surface area contributed by atoms with Crippen LogP contribution in [0.4, 0.5) is 5.69 Å². The van der Waals surface area contributed by atoms with E-state index < -0.39 is 0 Å². The number of rotatable bonds is 7. The lowest BCUT2D eigenvalue weighted by Gasteiger charge is -2.20. The number of carbonyl (C=O) groups is 2. The maximum atomic E-state index is 12.8. The van der Waals surface area contributed by atoms with E-state index in [0.29, 0.717) is 29.2 Å². The second kappa shape index (κ2) is 9.95. The second-order valence-electron chi connectivity index (χ2n) is 7.62. The van der Waals surface area contributed by atoms with Crippen molar-refractivity contribution in [3.05, 3.63) is 77.7 Å². The smallest absolute Gasteiger partial charge is 0.276 e. The van der Waals surface area contributed by atoms with Gasteiger partial charge in [-0.05, 0) is 45.3 Å². The van der Waals surface area contributed by atoms with Gasteiger partial charge in [0, 0.05) is 39.8 Å². The highest BCUT2D eigenvalue weighted by Gasteiger charge is 2.16. The molecule has 0 spiro atoms. The number of amides is 2. The molecule has 3 aromatic rings. The lowest BCUT2D eigenvalue weighted by Crippen LogP contribution is -2.33. The number of likely N-dealkylation sites (N-methyl/N-ethyl adjacent to an activating group) is 2. The van der Waals surface area contributed by atoms with E-state index in [1.54, 1.807) is 37.2 Å². The third kappa shape index (κ3) is 5.73. The molecule has 31 heavy (non-hydrogen) atoms. The summed E-state index contributed by atoms with van der Waals surface area (Å²) in [6.45, 7) is 3.16. The minimum atomic E-state index is -0.325. The van der Waals surface area contributed by atoms with Crippen LogP contribution in [0.2, 0.25) is 0 Å². The van der Waals surface area contributed by atoms with E-state index in [2.05, 4.69) is 15.3 Å². The van der Waals surface area contributed by atoms with E-state index in [0.717, 1.165) is 12.1 Å². The van der Waals surface area contributed by atoms with E-state index in [1.165, 1.54) is 0 Å². The summed E-state index contributed by atoms with van der Waals surface area (Å²) in [5.74, 6) is -0.389. The zero-order valence-corrected chi connectivity index (χ0v) is 18.3. The van der Waals surface area contributed by atoms with Gasteiger partial charge in [-0.25, -0.2) is 4.98 Å². The summed E-state index contributed by atoms with van der Waals surface area (Å²) in [6.07, 6.45) is 1.62. The quantitative estimate of drug-likeness (QED) is 0.627. The standard InChI is InChI=1S/C24H27N5O2.2H2/c1-17-22(23(30)26-20-11-6-5-7-12-20)27-21(16-25-17)18-9-8-10-19(15-18)24(31)29(4)14-13-28(2)3;;/h5-12,15-16H,13-14H2,1-4H3,(H,26,30);2*1H. The molecule has 7 heteroatoms. The molecule has 3 rings (SSSR count). The normalized spacial score (nSPS) is 10.7. The first-order chi connectivity index (χ1) is 14.8. The molecule has 0 bridgehead atoms. The summed E-state index contributed by atoms with van der Waals surface area (Å²) < 4.78 is 0. The molecule has 0 unspecified atom stereocenters. The highest BCUT2D eigenvalue weighted by atomic mass is 16.2. The molecule has 0 aliphatic rings. The molecule has 2 aromatic carbocycles. The van der Waals surface area contributed by atoms with E-state index in [9.17, 15) is 9.59 Å². The van der Waals surface area contributed by atoms with Gasteiger partial charge in [0.15, 0.2) is 0 Å². The molecule has 1 heterocycles. The fourth-order valence-corrected chi connectivity index (χ4v) is 3.00. The minimum Gasteiger partial charge on any atom is -0.340 e. The van der Waals surface area contributed by atoms with Crippen LogP contribution in [0.1, 0.15) is 29.4 Å². The summed E-state index contributed by atoms with van der Waals surface area (Å²) in [7, 11) is 5.73. The van der Waals surface area contributed by atoms with Gasteiger partial charge in [-0.3, -0.25) is 14.6 Å². The van der Waals surface area contributed by atoms with Gasteiger partial charge >= 0.3 is 0 Å². The van der Waals surface area contributed by atoms with E-state index in [1.807, 2.05) is 61.5 Å². The summed E-state index contributed by atoms with van der Waals surface area (Å²) in [6, 6.07) is 16.4. The number of nitrogens with zero attached hydrogens (tertiary/aromatic N) is 4. The van der Waals surface area contributed by atoms with Crippen LogP contribution in [0.25, 0.3) is 11.3 Å². The number of hydrogen-bond acceptors (Lipinski definition) is 5. The van der Waals surface area contributed by atoms with Gasteiger partial charge in [0.2, 0.25) is 0 Å². The monoisotopic (exact) mass is 421 g/mol. The molecule has 2 amide bonds. The number of para-hydroxylation sites is 1. The highest BCUT2D eigenvalue weighted by molar-refractivity contribution is 6.03. The molecule has 0 fully saturated rings. The number of anilines is 1. The minimum absolute atomic E-state index is 0. The number of nitrogens with one attached hydrogen (secondary N) is 1. The van der Waals surface area contributed by atoms with Gasteiger partial charge in [0.05, 0.1) is 17.6 Å². The first-order valence-corrected chi connectivity index (χ1v) is 10.1. The van der Waals surface area contributed by atoms with Crippen molar-refractivity contribution in [2.24, 2.45) is 0 Å². The largest absolute Gasteiger partial charge is 0.340 e. The van der Waals surface area contributed by atoms with E-state index >= 15 is 0 Å². The topological polar surface area (TPSA) is 78.4 Å². The molecular formula is C24H31N5O2. The van der Waals surface area contributed by atoms with E-state index in [-0.39, 0.29) is 20.4 Å². The zero-order valence-electron chi connectivity index (χ0n) is 18.3. The SMILES string of the molecule is Cc1ncc(-c2cccc(C(=O)N(C)CCN(C)C)c2)nc1C(=O)Nc1ccccc1.[HH].[HH]. The van der Waals surface area contributed by atoms with Gasteiger partial charge < -0.3 is 15.1 Å². The molecular weight excluding hydrogens is 390 g/mol. The Bertz CT molecular complexity index is 1080. The molecule has 0 radical (unpaired) electrons. The first kappa shape index (κ1) is 22.1. The Hall–Kier alpha value is -3.58. The highest BCUT2D eigenvalue weighted by Crippen LogP contribution is 2.20. The van der Waals surface area contributed by atoms with Crippen molar-refractivity contribution in [3.8, 4) is 11.3 Å². The van der Waals surface area contributed by atoms with Crippen molar-refractivity contribution in [1.82, 2.24) is 19.8 Å². The zero-order chi connectivity index (χ0) is 22.4. The Balaban J connectivity index is 0.00000272. The van der Waals surface area contributed by atoms with Crippen LogP contribution in [0.5, 0.6) is 0 Å². The maximum Gasteiger partial charge on any atom is 0.276 e. The Morgan fingerprint density at radius 2 is 1.74 bits per heavy atom. The Morgan fingerprint density at radius 3 is 2.45 bits per heavy atom. The number of hydrogen-bond donors (Lipinski definition) is 1. The van der Waals surface area contributed by atoms with Crippen molar-refractivity contribution < 1.29 is 12.4 Å². The molecule has 164 valence electrons. The molecule has 7 nitrogen and oxygen atoms in total. The van der Waals surface area contributed by atoms with Gasteiger partial charge in [-0.1, -0.05) is 30.3 Å². The van der Waals surface area contributed by atoms with Crippen LogP contribution in [0.3, 0.4) is 0 Å². The predicted molar refractivity (Wildman–Crippen MR) is 126 cm³/mol. The number of carbonyl (C=O) groups excluding carboxylic acids is 2. The first-order valence-electron chi connectivity index (χ1n) is 10.1. The average Bonchev–Trinajstić information content (AvgIpc) is 2.78. The van der Waals surface area contributed by atoms with Gasteiger partial charge in [-0.15, -0.1) is 0 Å². The van der Waals surface area contributed by atoms with Crippen LogP contribution in [0, 0.1) is 6.92 Å². The van der Waals surface area contributed by atoms with Crippen molar-refractivity contribution in [2.75, 3.05) is 39.5 Å². The van der Waals surface area contributed by atoms with Crippen molar-refractivity contribution >= 4 is 17.5 Å². The molecule has 0 aliphatic carbocycles. The van der Waals surface area contributed by atoms with E-state index in [4.69, 9.17) is 0 Å². The Labute approximate surface area is 185 Å². The Morgan fingerprint density at radius 1 is 1.00 bits per heavy atom. The fraction of sp³-hybridized carbons (Fsp3) is 0.250.